The molecule has 0 aliphatic rings. The number of hydrogen-bond acceptors (Lipinski definition) is 2. The van der Waals surface area contributed by atoms with Gasteiger partial charge in [-0.05, 0) is 49.4 Å². The van der Waals surface area contributed by atoms with E-state index in [1.165, 1.54) is 103 Å². The molecule has 0 atom stereocenters. The van der Waals surface area contributed by atoms with Crippen molar-refractivity contribution in [1.82, 2.24) is 0 Å². The molecule has 0 amide bonds. The SMILES string of the molecule is CC(C)CCCCOCCCCC(C)C.CC(C)CCCCOCCCCC(C)C.CCC[CH2][Sn][CH2]CCC. The van der Waals surface area contributed by atoms with E-state index >= 15 is 0 Å². The van der Waals surface area contributed by atoms with E-state index in [4.69, 9.17) is 9.47 Å². The van der Waals surface area contributed by atoms with Crippen LogP contribution >= 0.6 is 0 Å². The molecule has 2 radical (unpaired) electrons. The molecule has 0 aromatic heterocycles. The van der Waals surface area contributed by atoms with Gasteiger partial charge in [-0.2, -0.15) is 0 Å². The standard InChI is InChI=1S/2C14H30O.2C4H9.Sn/c2*1-13(2)9-5-7-11-15-12-8-6-10-14(3)4;2*1-3-4-2;/h2*13-14H,5-12H2,1-4H3;2*1,3-4H2,2H3;. The third kappa shape index (κ3) is 55.3. The Balaban J connectivity index is -0.000000516. The number of rotatable bonds is 26. The summed E-state index contributed by atoms with van der Waals surface area (Å²) in [6.45, 7) is 26.7. The normalized spacial score (nSPS) is 11.2. The van der Waals surface area contributed by atoms with Crippen LogP contribution in [0.5, 0.6) is 0 Å². The minimum atomic E-state index is 0.149. The molecule has 0 aromatic rings. The maximum atomic E-state index is 5.60. The molecule has 0 aliphatic carbocycles. The molecule has 0 bridgehead atoms. The Morgan fingerprint density at radius 3 is 0.846 bits per heavy atom. The van der Waals surface area contributed by atoms with Gasteiger partial charge in [-0.3, -0.25) is 0 Å². The van der Waals surface area contributed by atoms with Gasteiger partial charge in [-0.25, -0.2) is 0 Å². The van der Waals surface area contributed by atoms with Crippen molar-refractivity contribution < 1.29 is 9.47 Å². The zero-order valence-electron chi connectivity index (χ0n) is 29.2. The molecule has 0 aromatic carbocycles. The minimum absolute atomic E-state index is 0.149. The van der Waals surface area contributed by atoms with E-state index in [1.54, 1.807) is 8.87 Å². The van der Waals surface area contributed by atoms with Crippen molar-refractivity contribution >= 4 is 21.1 Å². The van der Waals surface area contributed by atoms with Crippen LogP contribution < -0.4 is 0 Å². The van der Waals surface area contributed by atoms with Gasteiger partial charge in [0.2, 0.25) is 0 Å². The molecule has 3 heteroatoms. The molecule has 2 nitrogen and oxygen atoms in total. The molecule has 0 saturated carbocycles. The van der Waals surface area contributed by atoms with E-state index in [0.717, 1.165) is 50.1 Å². The summed E-state index contributed by atoms with van der Waals surface area (Å²) in [6.07, 6.45) is 21.5. The van der Waals surface area contributed by atoms with Gasteiger partial charge in [0, 0.05) is 26.4 Å². The summed E-state index contributed by atoms with van der Waals surface area (Å²) in [5.41, 5.74) is 0. The first-order chi connectivity index (χ1) is 18.7. The first-order valence-corrected chi connectivity index (χ1v) is 21.6. The first kappa shape index (κ1) is 44.2. The van der Waals surface area contributed by atoms with Crippen molar-refractivity contribution in [2.45, 2.75) is 181 Å². The number of ether oxygens (including phenoxy) is 2. The molecule has 0 fully saturated rings. The van der Waals surface area contributed by atoms with Gasteiger partial charge in [0.15, 0.2) is 0 Å². The molecule has 0 unspecified atom stereocenters. The molecule has 238 valence electrons. The predicted octanol–water partition coefficient (Wildman–Crippen LogP) is 12.4. The fourth-order valence-corrected chi connectivity index (χ4v) is 8.12. The Morgan fingerprint density at radius 2 is 0.641 bits per heavy atom. The van der Waals surface area contributed by atoms with Gasteiger partial charge in [-0.1, -0.05) is 107 Å². The van der Waals surface area contributed by atoms with Crippen molar-refractivity contribution in [3.8, 4) is 0 Å². The van der Waals surface area contributed by atoms with Gasteiger partial charge in [0.05, 0.1) is 0 Å². The molecule has 0 aliphatic heterocycles. The first-order valence-electron chi connectivity index (χ1n) is 17.5. The van der Waals surface area contributed by atoms with Crippen LogP contribution in [0.2, 0.25) is 8.87 Å². The quantitative estimate of drug-likeness (QED) is 0.0678. The van der Waals surface area contributed by atoms with Crippen LogP contribution in [0.4, 0.5) is 0 Å². The molecule has 0 N–H and O–H groups in total. The van der Waals surface area contributed by atoms with E-state index in [1.807, 2.05) is 0 Å². The maximum absolute atomic E-state index is 5.60. The van der Waals surface area contributed by atoms with Crippen LogP contribution in [-0.2, 0) is 9.47 Å². The van der Waals surface area contributed by atoms with E-state index < -0.39 is 0 Å². The van der Waals surface area contributed by atoms with E-state index in [0.29, 0.717) is 0 Å². The summed E-state index contributed by atoms with van der Waals surface area (Å²) >= 11 is 0.149. The molecular weight excluding hydrogens is 583 g/mol. The van der Waals surface area contributed by atoms with Crippen LogP contribution in [0.1, 0.15) is 172 Å². The topological polar surface area (TPSA) is 18.5 Å². The molecule has 0 saturated heterocycles. The van der Waals surface area contributed by atoms with Gasteiger partial charge >= 0.3 is 69.5 Å². The Kier molecular flexibility index (Phi) is 43.8. The van der Waals surface area contributed by atoms with Crippen LogP contribution in [0.15, 0.2) is 0 Å². The van der Waals surface area contributed by atoms with Crippen LogP contribution in [0.3, 0.4) is 0 Å². The average molecular weight is 662 g/mol. The van der Waals surface area contributed by atoms with Crippen molar-refractivity contribution in [3.05, 3.63) is 0 Å². The second-order valence-electron chi connectivity index (χ2n) is 13.2. The third-order valence-corrected chi connectivity index (χ3v) is 10.7. The fourth-order valence-electron chi connectivity index (χ4n) is 3.96. The summed E-state index contributed by atoms with van der Waals surface area (Å²) in [4.78, 5) is 0. The van der Waals surface area contributed by atoms with Crippen LogP contribution in [0.25, 0.3) is 0 Å². The summed E-state index contributed by atoms with van der Waals surface area (Å²) in [6, 6.07) is 0. The second-order valence-corrected chi connectivity index (χ2v) is 17.5. The van der Waals surface area contributed by atoms with E-state index in [2.05, 4.69) is 69.2 Å². The third-order valence-electron chi connectivity index (χ3n) is 6.69. The van der Waals surface area contributed by atoms with Crippen molar-refractivity contribution in [2.24, 2.45) is 23.7 Å². The fraction of sp³-hybridized carbons (Fsp3) is 1.00. The van der Waals surface area contributed by atoms with Crippen molar-refractivity contribution in [3.63, 3.8) is 0 Å². The van der Waals surface area contributed by atoms with Gasteiger partial charge in [0.25, 0.3) is 0 Å². The Bertz CT molecular complexity index is 332. The van der Waals surface area contributed by atoms with Gasteiger partial charge < -0.3 is 9.47 Å². The molecule has 0 heterocycles. The average Bonchev–Trinajstić information content (AvgIpc) is 2.87. The van der Waals surface area contributed by atoms with Gasteiger partial charge in [0.1, 0.15) is 0 Å². The van der Waals surface area contributed by atoms with Crippen LogP contribution in [-0.4, -0.2) is 47.6 Å². The van der Waals surface area contributed by atoms with Gasteiger partial charge in [-0.15, -0.1) is 0 Å². The van der Waals surface area contributed by atoms with E-state index in [-0.39, 0.29) is 21.1 Å². The molecular formula is C36H78O2Sn. The second kappa shape index (κ2) is 38.7. The van der Waals surface area contributed by atoms with Crippen LogP contribution in [0, 0.1) is 23.7 Å². The Labute approximate surface area is 260 Å². The zero-order chi connectivity index (χ0) is 30.0. The number of unbranched alkanes of at least 4 members (excludes halogenated alkanes) is 6. The summed E-state index contributed by atoms with van der Waals surface area (Å²) in [5, 5.41) is 0. The van der Waals surface area contributed by atoms with E-state index in [9.17, 15) is 0 Å². The molecule has 39 heavy (non-hydrogen) atoms. The molecule has 0 spiro atoms. The van der Waals surface area contributed by atoms with Crippen molar-refractivity contribution in [2.75, 3.05) is 26.4 Å². The summed E-state index contributed by atoms with van der Waals surface area (Å²) in [5.74, 6) is 3.37. The Morgan fingerprint density at radius 1 is 0.385 bits per heavy atom. The summed E-state index contributed by atoms with van der Waals surface area (Å²) in [7, 11) is 0. The predicted molar refractivity (Wildman–Crippen MR) is 182 cm³/mol. The Hall–Kier alpha value is 0.719. The number of hydrogen-bond donors (Lipinski definition) is 0. The zero-order valence-corrected chi connectivity index (χ0v) is 32.0. The van der Waals surface area contributed by atoms with Crippen molar-refractivity contribution in [1.29, 1.82) is 0 Å². The summed E-state index contributed by atoms with van der Waals surface area (Å²) < 4.78 is 14.4. The molecule has 0 rings (SSSR count). The monoisotopic (exact) mass is 663 g/mol.